The SMILES string of the molecule is O=CC1(CNCc2nc3ccccc3n2C2CCCCC2)CCCC1. The molecule has 0 radical (unpaired) electrons. The van der Waals surface area contributed by atoms with Gasteiger partial charge in [-0.05, 0) is 37.8 Å². The zero-order valence-corrected chi connectivity index (χ0v) is 15.0. The van der Waals surface area contributed by atoms with Crippen molar-refractivity contribution in [2.24, 2.45) is 5.41 Å². The summed E-state index contributed by atoms with van der Waals surface area (Å²) < 4.78 is 2.48. The van der Waals surface area contributed by atoms with Gasteiger partial charge in [0.05, 0.1) is 17.6 Å². The smallest absolute Gasteiger partial charge is 0.127 e. The lowest BCUT2D eigenvalue weighted by atomic mass is 9.88. The average Bonchev–Trinajstić information content (AvgIpc) is 3.27. The summed E-state index contributed by atoms with van der Waals surface area (Å²) in [5.74, 6) is 1.13. The predicted octanol–water partition coefficient (Wildman–Crippen LogP) is 4.39. The van der Waals surface area contributed by atoms with Gasteiger partial charge in [0.15, 0.2) is 0 Å². The highest BCUT2D eigenvalue weighted by molar-refractivity contribution is 5.76. The first kappa shape index (κ1) is 16.8. The molecule has 134 valence electrons. The summed E-state index contributed by atoms with van der Waals surface area (Å²) in [6.45, 7) is 1.53. The number of benzene rings is 1. The lowest BCUT2D eigenvalue weighted by molar-refractivity contribution is -0.115. The van der Waals surface area contributed by atoms with Crippen LogP contribution in [0.3, 0.4) is 0 Å². The third-order valence-corrected chi connectivity index (χ3v) is 6.22. The summed E-state index contributed by atoms with van der Waals surface area (Å²) in [6.07, 6.45) is 12.1. The van der Waals surface area contributed by atoms with Gasteiger partial charge in [-0.15, -0.1) is 0 Å². The van der Waals surface area contributed by atoms with Gasteiger partial charge in [-0.25, -0.2) is 4.98 Å². The van der Waals surface area contributed by atoms with Crippen LogP contribution >= 0.6 is 0 Å². The van der Waals surface area contributed by atoms with Gasteiger partial charge in [0.2, 0.25) is 0 Å². The van der Waals surface area contributed by atoms with Crippen molar-refractivity contribution in [2.45, 2.75) is 70.4 Å². The molecule has 1 aromatic carbocycles. The van der Waals surface area contributed by atoms with Crippen molar-refractivity contribution in [1.82, 2.24) is 14.9 Å². The number of nitrogens with one attached hydrogen (secondary N) is 1. The average molecular weight is 339 g/mol. The quantitative estimate of drug-likeness (QED) is 0.794. The Morgan fingerprint density at radius 1 is 1.12 bits per heavy atom. The molecule has 0 spiro atoms. The molecule has 25 heavy (non-hydrogen) atoms. The minimum atomic E-state index is -0.137. The fourth-order valence-electron chi connectivity index (χ4n) is 4.80. The summed E-state index contributed by atoms with van der Waals surface area (Å²) in [4.78, 5) is 16.5. The Labute approximate surface area is 150 Å². The number of fused-ring (bicyclic) bond motifs is 1. The van der Waals surface area contributed by atoms with Crippen molar-refractivity contribution in [3.63, 3.8) is 0 Å². The van der Waals surface area contributed by atoms with E-state index < -0.39 is 0 Å². The molecule has 4 heteroatoms. The lowest BCUT2D eigenvalue weighted by Gasteiger charge is -2.26. The highest BCUT2D eigenvalue weighted by atomic mass is 16.1. The number of nitrogens with zero attached hydrogens (tertiary/aromatic N) is 2. The van der Waals surface area contributed by atoms with Crippen LogP contribution in [-0.4, -0.2) is 22.4 Å². The number of aromatic nitrogens is 2. The number of aldehydes is 1. The van der Waals surface area contributed by atoms with Crippen LogP contribution in [0.2, 0.25) is 0 Å². The first-order valence-electron chi connectivity index (χ1n) is 9.94. The van der Waals surface area contributed by atoms with Crippen LogP contribution in [0.4, 0.5) is 0 Å². The Hall–Kier alpha value is -1.68. The minimum Gasteiger partial charge on any atom is -0.324 e. The summed E-state index contributed by atoms with van der Waals surface area (Å²) in [6, 6.07) is 9.06. The van der Waals surface area contributed by atoms with Crippen molar-refractivity contribution in [1.29, 1.82) is 0 Å². The molecule has 2 saturated carbocycles. The molecule has 2 aliphatic carbocycles. The van der Waals surface area contributed by atoms with Gasteiger partial charge in [-0.2, -0.15) is 0 Å². The molecule has 4 nitrogen and oxygen atoms in total. The predicted molar refractivity (Wildman–Crippen MR) is 101 cm³/mol. The highest BCUT2D eigenvalue weighted by Gasteiger charge is 2.33. The molecule has 2 fully saturated rings. The fourth-order valence-corrected chi connectivity index (χ4v) is 4.80. The van der Waals surface area contributed by atoms with Crippen molar-refractivity contribution >= 4 is 17.3 Å². The zero-order chi connectivity index (χ0) is 17.1. The molecule has 2 aliphatic rings. The molecule has 0 saturated heterocycles. The van der Waals surface area contributed by atoms with Gasteiger partial charge in [-0.1, -0.05) is 44.2 Å². The Morgan fingerprint density at radius 3 is 2.64 bits per heavy atom. The van der Waals surface area contributed by atoms with E-state index in [0.717, 1.165) is 37.3 Å². The van der Waals surface area contributed by atoms with Crippen LogP contribution in [0.15, 0.2) is 24.3 Å². The second-order valence-electron chi connectivity index (χ2n) is 7.97. The van der Waals surface area contributed by atoms with Crippen LogP contribution in [-0.2, 0) is 11.3 Å². The number of hydrogen-bond acceptors (Lipinski definition) is 3. The molecule has 1 heterocycles. The highest BCUT2D eigenvalue weighted by Crippen LogP contribution is 2.36. The molecule has 2 aromatic rings. The number of hydrogen-bond donors (Lipinski definition) is 1. The van der Waals surface area contributed by atoms with Crippen LogP contribution in [0.25, 0.3) is 11.0 Å². The van der Waals surface area contributed by atoms with Gasteiger partial charge >= 0.3 is 0 Å². The van der Waals surface area contributed by atoms with Gasteiger partial charge in [-0.3, -0.25) is 0 Å². The van der Waals surface area contributed by atoms with E-state index in [-0.39, 0.29) is 5.41 Å². The number of carbonyl (C=O) groups is 1. The molecule has 0 amide bonds. The maximum absolute atomic E-state index is 11.6. The minimum absolute atomic E-state index is 0.137. The van der Waals surface area contributed by atoms with E-state index in [1.807, 2.05) is 0 Å². The molecule has 0 aliphatic heterocycles. The molecular formula is C21H29N3O. The maximum Gasteiger partial charge on any atom is 0.127 e. The largest absolute Gasteiger partial charge is 0.324 e. The topological polar surface area (TPSA) is 46.9 Å². The molecular weight excluding hydrogens is 310 g/mol. The van der Waals surface area contributed by atoms with E-state index in [9.17, 15) is 4.79 Å². The molecule has 0 unspecified atom stereocenters. The van der Waals surface area contributed by atoms with Gasteiger partial charge < -0.3 is 14.7 Å². The second kappa shape index (κ2) is 7.28. The first-order valence-corrected chi connectivity index (χ1v) is 9.94. The molecule has 0 bridgehead atoms. The summed E-state index contributed by atoms with van der Waals surface area (Å²) >= 11 is 0. The number of para-hydroxylation sites is 2. The van der Waals surface area contributed by atoms with Gasteiger partial charge in [0.1, 0.15) is 12.1 Å². The first-order chi connectivity index (χ1) is 12.3. The van der Waals surface area contributed by atoms with E-state index in [1.165, 1.54) is 56.7 Å². The summed E-state index contributed by atoms with van der Waals surface area (Å²) in [7, 11) is 0. The Bertz CT molecular complexity index is 724. The van der Waals surface area contributed by atoms with Crippen molar-refractivity contribution < 1.29 is 4.79 Å². The van der Waals surface area contributed by atoms with Crippen molar-refractivity contribution in [3.05, 3.63) is 30.1 Å². The molecule has 1 N–H and O–H groups in total. The summed E-state index contributed by atoms with van der Waals surface area (Å²) in [5, 5.41) is 3.56. The van der Waals surface area contributed by atoms with Crippen LogP contribution in [0.5, 0.6) is 0 Å². The normalized spacial score (nSPS) is 21.0. The zero-order valence-electron chi connectivity index (χ0n) is 15.0. The lowest BCUT2D eigenvalue weighted by Crippen LogP contribution is -2.34. The third-order valence-electron chi connectivity index (χ3n) is 6.22. The van der Waals surface area contributed by atoms with Crippen LogP contribution < -0.4 is 5.32 Å². The maximum atomic E-state index is 11.6. The van der Waals surface area contributed by atoms with E-state index >= 15 is 0 Å². The molecule has 4 rings (SSSR count). The number of carbonyl (C=O) groups excluding carboxylic acids is 1. The fraction of sp³-hybridized carbons (Fsp3) is 0.619. The Balaban J connectivity index is 1.55. The van der Waals surface area contributed by atoms with Gasteiger partial charge in [0, 0.05) is 18.0 Å². The molecule has 1 aromatic heterocycles. The second-order valence-corrected chi connectivity index (χ2v) is 7.97. The third kappa shape index (κ3) is 3.37. The summed E-state index contributed by atoms with van der Waals surface area (Å²) in [5.41, 5.74) is 2.22. The number of rotatable bonds is 6. The van der Waals surface area contributed by atoms with E-state index in [1.54, 1.807) is 0 Å². The van der Waals surface area contributed by atoms with Crippen LogP contribution in [0.1, 0.15) is 69.7 Å². The van der Waals surface area contributed by atoms with Gasteiger partial charge in [0.25, 0.3) is 0 Å². The Morgan fingerprint density at radius 2 is 1.88 bits per heavy atom. The van der Waals surface area contributed by atoms with Crippen LogP contribution in [0, 0.1) is 5.41 Å². The van der Waals surface area contributed by atoms with E-state index in [2.05, 4.69) is 34.1 Å². The van der Waals surface area contributed by atoms with E-state index in [4.69, 9.17) is 4.98 Å². The van der Waals surface area contributed by atoms with Crippen molar-refractivity contribution in [2.75, 3.05) is 6.54 Å². The van der Waals surface area contributed by atoms with E-state index in [0.29, 0.717) is 6.04 Å². The number of imidazole rings is 1. The van der Waals surface area contributed by atoms with Crippen molar-refractivity contribution in [3.8, 4) is 0 Å². The standard InChI is InChI=1S/C21H29N3O/c25-16-21(12-6-7-13-21)15-22-14-20-23-18-10-4-5-11-19(18)24(20)17-8-2-1-3-9-17/h4-5,10-11,16-17,22H,1-3,6-9,12-15H2. The molecule has 0 atom stereocenters. The Kier molecular flexibility index (Phi) is 4.89. The monoisotopic (exact) mass is 339 g/mol.